The van der Waals surface area contributed by atoms with Crippen molar-refractivity contribution in [2.24, 2.45) is 5.92 Å². The van der Waals surface area contributed by atoms with Crippen LogP contribution in [0.5, 0.6) is 0 Å². The Balaban J connectivity index is 1.86. The highest BCUT2D eigenvalue weighted by Crippen LogP contribution is 2.38. The lowest BCUT2D eigenvalue weighted by Gasteiger charge is -2.38. The van der Waals surface area contributed by atoms with Crippen molar-refractivity contribution in [3.63, 3.8) is 0 Å². The second kappa shape index (κ2) is 5.01. The van der Waals surface area contributed by atoms with Gasteiger partial charge in [-0.15, -0.1) is 0 Å². The molecule has 2 aliphatic rings. The Labute approximate surface area is 114 Å². The number of likely N-dealkylation sites (tertiary alicyclic amines) is 1. The van der Waals surface area contributed by atoms with Crippen LogP contribution in [0.3, 0.4) is 0 Å². The minimum absolute atomic E-state index is 0.00748. The van der Waals surface area contributed by atoms with Crippen molar-refractivity contribution in [3.8, 4) is 6.07 Å². The van der Waals surface area contributed by atoms with Gasteiger partial charge in [-0.05, 0) is 40.0 Å². The Morgan fingerprint density at radius 3 is 2.53 bits per heavy atom. The summed E-state index contributed by atoms with van der Waals surface area (Å²) >= 11 is 0. The van der Waals surface area contributed by atoms with Crippen LogP contribution in [-0.4, -0.2) is 41.9 Å². The van der Waals surface area contributed by atoms with Gasteiger partial charge in [0.15, 0.2) is 0 Å². The van der Waals surface area contributed by atoms with E-state index in [0.29, 0.717) is 19.7 Å². The lowest BCUT2D eigenvalue weighted by molar-refractivity contribution is -0.0485. The van der Waals surface area contributed by atoms with Crippen LogP contribution >= 0.6 is 0 Å². The number of ether oxygens (including phenoxy) is 2. The molecule has 1 unspecified atom stereocenters. The van der Waals surface area contributed by atoms with Crippen LogP contribution in [0, 0.1) is 17.2 Å². The SMILES string of the molecule is CC(C)(C)OC(=O)N1CCC2(CC1)CC(C#N)CO2. The summed E-state index contributed by atoms with van der Waals surface area (Å²) in [6.45, 7) is 7.43. The standard InChI is InChI=1S/C14H22N2O3/c1-13(2,3)19-12(17)16-6-4-14(5-7-16)8-11(9-15)10-18-14/h11H,4-8,10H2,1-3H3. The molecule has 19 heavy (non-hydrogen) atoms. The van der Waals surface area contributed by atoms with Crippen LogP contribution in [0.4, 0.5) is 4.79 Å². The van der Waals surface area contributed by atoms with E-state index >= 15 is 0 Å². The normalized spacial score (nSPS) is 26.2. The monoisotopic (exact) mass is 266 g/mol. The average molecular weight is 266 g/mol. The molecular formula is C14H22N2O3. The number of nitriles is 1. The number of hydrogen-bond acceptors (Lipinski definition) is 4. The number of carbonyl (C=O) groups is 1. The van der Waals surface area contributed by atoms with E-state index in [4.69, 9.17) is 14.7 Å². The maximum atomic E-state index is 11.9. The largest absolute Gasteiger partial charge is 0.444 e. The lowest BCUT2D eigenvalue weighted by atomic mass is 9.86. The van der Waals surface area contributed by atoms with E-state index < -0.39 is 5.60 Å². The molecule has 5 nitrogen and oxygen atoms in total. The van der Waals surface area contributed by atoms with Crippen molar-refractivity contribution in [2.45, 2.75) is 51.2 Å². The van der Waals surface area contributed by atoms with Crippen molar-refractivity contribution < 1.29 is 14.3 Å². The summed E-state index contributed by atoms with van der Waals surface area (Å²) in [5, 5.41) is 8.93. The molecule has 0 aromatic carbocycles. The molecule has 0 bridgehead atoms. The molecule has 2 rings (SSSR count). The van der Waals surface area contributed by atoms with Gasteiger partial charge in [-0.3, -0.25) is 0 Å². The highest BCUT2D eigenvalue weighted by atomic mass is 16.6. The van der Waals surface area contributed by atoms with Gasteiger partial charge in [-0.2, -0.15) is 5.26 Å². The van der Waals surface area contributed by atoms with Crippen LogP contribution in [0.15, 0.2) is 0 Å². The summed E-state index contributed by atoms with van der Waals surface area (Å²) in [7, 11) is 0. The number of nitrogens with zero attached hydrogens (tertiary/aromatic N) is 2. The molecule has 106 valence electrons. The molecule has 2 saturated heterocycles. The van der Waals surface area contributed by atoms with E-state index in [-0.39, 0.29) is 17.6 Å². The molecular weight excluding hydrogens is 244 g/mol. The van der Waals surface area contributed by atoms with Gasteiger partial charge in [-0.25, -0.2) is 4.79 Å². The minimum Gasteiger partial charge on any atom is -0.444 e. The number of carbonyl (C=O) groups excluding carboxylic acids is 1. The van der Waals surface area contributed by atoms with Crippen molar-refractivity contribution in [3.05, 3.63) is 0 Å². The van der Waals surface area contributed by atoms with Crippen LogP contribution < -0.4 is 0 Å². The second-order valence-corrected chi connectivity index (χ2v) is 6.49. The third kappa shape index (κ3) is 3.38. The molecule has 0 saturated carbocycles. The lowest BCUT2D eigenvalue weighted by Crippen LogP contribution is -2.47. The summed E-state index contributed by atoms with van der Waals surface area (Å²) in [5.74, 6) is 0.00748. The zero-order valence-corrected chi connectivity index (χ0v) is 11.9. The zero-order chi connectivity index (χ0) is 14.1. The first-order valence-electron chi connectivity index (χ1n) is 6.85. The molecule has 1 atom stereocenters. The summed E-state index contributed by atoms with van der Waals surface area (Å²) in [6, 6.07) is 2.27. The molecule has 1 spiro atoms. The minimum atomic E-state index is -0.456. The summed E-state index contributed by atoms with van der Waals surface area (Å²) < 4.78 is 11.2. The highest BCUT2D eigenvalue weighted by Gasteiger charge is 2.43. The van der Waals surface area contributed by atoms with E-state index in [0.717, 1.165) is 19.3 Å². The molecule has 0 aliphatic carbocycles. The summed E-state index contributed by atoms with van der Waals surface area (Å²) in [5.41, 5.74) is -0.638. The van der Waals surface area contributed by atoms with Crippen molar-refractivity contribution >= 4 is 6.09 Å². The highest BCUT2D eigenvalue weighted by molar-refractivity contribution is 5.68. The van der Waals surface area contributed by atoms with Crippen molar-refractivity contribution in [2.75, 3.05) is 19.7 Å². The Hall–Kier alpha value is -1.28. The molecule has 5 heteroatoms. The first-order valence-corrected chi connectivity index (χ1v) is 6.85. The molecule has 2 heterocycles. The van der Waals surface area contributed by atoms with Gasteiger partial charge >= 0.3 is 6.09 Å². The second-order valence-electron chi connectivity index (χ2n) is 6.49. The first-order chi connectivity index (χ1) is 8.84. The molecule has 1 amide bonds. The van der Waals surface area contributed by atoms with Gasteiger partial charge in [0.05, 0.1) is 24.2 Å². The number of rotatable bonds is 0. The van der Waals surface area contributed by atoms with E-state index in [9.17, 15) is 4.79 Å². The molecule has 2 fully saturated rings. The predicted octanol–water partition coefficient (Wildman–Crippen LogP) is 2.32. The fourth-order valence-corrected chi connectivity index (χ4v) is 2.70. The van der Waals surface area contributed by atoms with Gasteiger partial charge in [0, 0.05) is 13.1 Å². The maximum Gasteiger partial charge on any atom is 0.410 e. The average Bonchev–Trinajstić information content (AvgIpc) is 2.71. The number of piperidine rings is 1. The van der Waals surface area contributed by atoms with E-state index in [1.807, 2.05) is 20.8 Å². The Kier molecular flexibility index (Phi) is 3.73. The van der Waals surface area contributed by atoms with Crippen molar-refractivity contribution in [1.29, 1.82) is 5.26 Å². The van der Waals surface area contributed by atoms with Crippen LogP contribution in [0.1, 0.15) is 40.0 Å². The summed E-state index contributed by atoms with van der Waals surface area (Å²) in [4.78, 5) is 13.7. The Bertz CT molecular complexity index is 386. The van der Waals surface area contributed by atoms with E-state index in [2.05, 4.69) is 6.07 Å². The number of amides is 1. The molecule has 0 aromatic rings. The fourth-order valence-electron chi connectivity index (χ4n) is 2.70. The zero-order valence-electron chi connectivity index (χ0n) is 11.9. The van der Waals surface area contributed by atoms with E-state index in [1.165, 1.54) is 0 Å². The first kappa shape index (κ1) is 14.1. The van der Waals surface area contributed by atoms with Gasteiger partial charge in [-0.1, -0.05) is 0 Å². The molecule has 0 N–H and O–H groups in total. The van der Waals surface area contributed by atoms with Crippen LogP contribution in [0.2, 0.25) is 0 Å². The summed E-state index contributed by atoms with van der Waals surface area (Å²) in [6.07, 6.45) is 2.14. The Morgan fingerprint density at radius 2 is 2.05 bits per heavy atom. The molecule has 0 radical (unpaired) electrons. The third-order valence-electron chi connectivity index (χ3n) is 3.72. The van der Waals surface area contributed by atoms with Gasteiger partial charge in [0.25, 0.3) is 0 Å². The fraction of sp³-hybridized carbons (Fsp3) is 0.857. The molecule has 2 aliphatic heterocycles. The number of hydrogen-bond donors (Lipinski definition) is 0. The smallest absolute Gasteiger partial charge is 0.410 e. The van der Waals surface area contributed by atoms with Crippen molar-refractivity contribution in [1.82, 2.24) is 4.90 Å². The topological polar surface area (TPSA) is 62.6 Å². The van der Waals surface area contributed by atoms with Gasteiger partial charge < -0.3 is 14.4 Å². The maximum absolute atomic E-state index is 11.9. The quantitative estimate of drug-likeness (QED) is 0.675. The van der Waals surface area contributed by atoms with Gasteiger partial charge in [0.2, 0.25) is 0 Å². The third-order valence-corrected chi connectivity index (χ3v) is 3.72. The van der Waals surface area contributed by atoms with Crippen LogP contribution in [-0.2, 0) is 9.47 Å². The Morgan fingerprint density at radius 1 is 1.42 bits per heavy atom. The predicted molar refractivity (Wildman–Crippen MR) is 69.4 cm³/mol. The van der Waals surface area contributed by atoms with E-state index in [1.54, 1.807) is 4.90 Å². The van der Waals surface area contributed by atoms with Crippen LogP contribution in [0.25, 0.3) is 0 Å². The molecule has 0 aromatic heterocycles. The van der Waals surface area contributed by atoms with Gasteiger partial charge in [0.1, 0.15) is 5.60 Å².